The van der Waals surface area contributed by atoms with Gasteiger partial charge < -0.3 is 27.9 Å². The van der Waals surface area contributed by atoms with Crippen LogP contribution in [0.25, 0.3) is 0 Å². The van der Waals surface area contributed by atoms with E-state index < -0.39 is 13.9 Å². The van der Waals surface area contributed by atoms with Gasteiger partial charge in [-0.1, -0.05) is 328 Å². The molecule has 0 aliphatic rings. The maximum atomic E-state index is 12.8. The van der Waals surface area contributed by atoms with Gasteiger partial charge >= 0.3 is 5.97 Å². The first-order chi connectivity index (χ1) is 35.6. The molecule has 1 unspecified atom stereocenters. The zero-order chi connectivity index (χ0) is 53.3. The Morgan fingerprint density at radius 3 is 0.904 bits per heavy atom. The van der Waals surface area contributed by atoms with Gasteiger partial charge in [0.05, 0.1) is 34.4 Å². The molecule has 0 N–H and O–H groups in total. The van der Waals surface area contributed by atoms with Crippen LogP contribution in [0.5, 0.6) is 0 Å². The van der Waals surface area contributed by atoms with Crippen LogP contribution >= 0.6 is 7.82 Å². The number of carbonyl (C=O) groups excluding carboxylic acids is 1. The van der Waals surface area contributed by atoms with E-state index in [4.69, 9.17) is 18.5 Å². The van der Waals surface area contributed by atoms with Gasteiger partial charge in [-0.2, -0.15) is 0 Å². The van der Waals surface area contributed by atoms with Gasteiger partial charge in [-0.3, -0.25) is 9.36 Å². The summed E-state index contributed by atoms with van der Waals surface area (Å²) in [5, 5.41) is 0. The fourth-order valence-electron chi connectivity index (χ4n) is 10.1. The third-order valence-electron chi connectivity index (χ3n) is 15.2. The lowest BCUT2D eigenvalue weighted by atomic mass is 10.0. The van der Waals surface area contributed by atoms with E-state index in [1.54, 1.807) is 0 Å². The molecule has 0 radical (unpaired) electrons. The standard InChI is InChI=1S/C64H130NO7P/c1-6-8-10-12-14-16-18-20-22-24-26-28-29-30-31-32-33-34-35-36-37-38-39-41-43-45-47-49-51-53-55-57-64(66)72-63(62-71-73(67,68)70-60-58-65(3,4)5)61-69-59-56-54-52-50-48-46-44-42-40-27-25-23-21-19-17-15-13-11-9-7-2/h63H,6-62H2,1-5H3/t63-/m1/s1. The highest BCUT2D eigenvalue weighted by Gasteiger charge is 2.20. The molecule has 2 atom stereocenters. The van der Waals surface area contributed by atoms with Crippen LogP contribution in [-0.4, -0.2) is 70.7 Å². The van der Waals surface area contributed by atoms with Crippen molar-refractivity contribution in [3.8, 4) is 0 Å². The molecule has 0 heterocycles. The monoisotopic (exact) mass is 1060 g/mol. The lowest BCUT2D eigenvalue weighted by molar-refractivity contribution is -0.870. The number of likely N-dealkylation sites (N-methyl/N-ethyl adjacent to an activating group) is 1. The summed E-state index contributed by atoms with van der Waals surface area (Å²) < 4.78 is 35.0. The first-order valence-electron chi connectivity index (χ1n) is 32.8. The van der Waals surface area contributed by atoms with Gasteiger partial charge in [0, 0.05) is 13.0 Å². The Hall–Kier alpha value is -0.500. The average Bonchev–Trinajstić information content (AvgIpc) is 3.35. The first-order valence-corrected chi connectivity index (χ1v) is 34.2. The van der Waals surface area contributed by atoms with Crippen molar-refractivity contribution < 1.29 is 37.3 Å². The van der Waals surface area contributed by atoms with E-state index in [-0.39, 0.29) is 25.8 Å². The van der Waals surface area contributed by atoms with Gasteiger partial charge in [0.15, 0.2) is 0 Å². The Bertz CT molecular complexity index is 1130. The van der Waals surface area contributed by atoms with Crippen molar-refractivity contribution in [2.45, 2.75) is 354 Å². The number of quaternary nitrogens is 1. The highest BCUT2D eigenvalue weighted by Crippen LogP contribution is 2.38. The van der Waals surface area contributed by atoms with Crippen LogP contribution in [0.3, 0.4) is 0 Å². The highest BCUT2D eigenvalue weighted by molar-refractivity contribution is 7.45. The highest BCUT2D eigenvalue weighted by atomic mass is 31.2. The van der Waals surface area contributed by atoms with E-state index in [0.717, 1.165) is 32.1 Å². The average molecular weight is 1060 g/mol. The molecular formula is C64H130NO7P. The number of ether oxygens (including phenoxy) is 2. The normalized spacial score (nSPS) is 13.2. The second-order valence-corrected chi connectivity index (χ2v) is 25.3. The predicted molar refractivity (Wildman–Crippen MR) is 315 cm³/mol. The Morgan fingerprint density at radius 1 is 0.370 bits per heavy atom. The van der Waals surface area contributed by atoms with Gasteiger partial charge in [0.25, 0.3) is 7.82 Å². The van der Waals surface area contributed by atoms with E-state index in [0.29, 0.717) is 24.1 Å². The molecule has 8 nitrogen and oxygen atoms in total. The zero-order valence-electron chi connectivity index (χ0n) is 50.1. The zero-order valence-corrected chi connectivity index (χ0v) is 51.0. The lowest BCUT2D eigenvalue weighted by Crippen LogP contribution is -2.37. The molecule has 9 heteroatoms. The summed E-state index contributed by atoms with van der Waals surface area (Å²) in [4.78, 5) is 25.3. The largest absolute Gasteiger partial charge is 0.756 e. The van der Waals surface area contributed by atoms with E-state index >= 15 is 0 Å². The van der Waals surface area contributed by atoms with Crippen LogP contribution in [0.2, 0.25) is 0 Å². The summed E-state index contributed by atoms with van der Waals surface area (Å²) in [5.41, 5.74) is 0. The topological polar surface area (TPSA) is 94.1 Å². The molecule has 73 heavy (non-hydrogen) atoms. The van der Waals surface area contributed by atoms with E-state index in [9.17, 15) is 14.3 Å². The van der Waals surface area contributed by atoms with Crippen LogP contribution in [0.4, 0.5) is 0 Å². The van der Waals surface area contributed by atoms with Crippen LogP contribution in [-0.2, 0) is 27.9 Å². The van der Waals surface area contributed by atoms with Crippen LogP contribution in [0.15, 0.2) is 0 Å². The molecule has 0 rings (SSSR count). The van der Waals surface area contributed by atoms with Gasteiger partial charge in [-0.15, -0.1) is 0 Å². The quantitative estimate of drug-likeness (QED) is 0.0259. The summed E-state index contributed by atoms with van der Waals surface area (Å²) in [6, 6.07) is 0. The van der Waals surface area contributed by atoms with E-state index in [1.165, 1.54) is 295 Å². The Kier molecular flexibility index (Phi) is 57.3. The molecule has 438 valence electrons. The predicted octanol–water partition coefficient (Wildman–Crippen LogP) is 20.4. The molecule has 0 aromatic carbocycles. The van der Waals surface area contributed by atoms with Crippen molar-refractivity contribution in [1.29, 1.82) is 0 Å². The second kappa shape index (κ2) is 57.7. The molecule has 0 amide bonds. The van der Waals surface area contributed by atoms with Crippen LogP contribution < -0.4 is 4.89 Å². The number of phosphoric acid groups is 1. The minimum Gasteiger partial charge on any atom is -0.756 e. The molecule has 0 fully saturated rings. The molecule has 0 bridgehead atoms. The van der Waals surface area contributed by atoms with Gasteiger partial charge in [0.2, 0.25) is 0 Å². The second-order valence-electron chi connectivity index (χ2n) is 23.9. The van der Waals surface area contributed by atoms with Crippen molar-refractivity contribution >= 4 is 13.8 Å². The van der Waals surface area contributed by atoms with Crippen molar-refractivity contribution in [3.05, 3.63) is 0 Å². The third kappa shape index (κ3) is 62.2. The summed E-state index contributed by atoms with van der Waals surface area (Å²) in [6.07, 6.45) is 68.9. The first kappa shape index (κ1) is 72.5. The van der Waals surface area contributed by atoms with E-state index in [2.05, 4.69) is 13.8 Å². The Labute approximate surface area is 457 Å². The molecule has 0 saturated heterocycles. The number of nitrogens with zero attached hydrogens (tertiary/aromatic N) is 1. The molecule has 0 aromatic rings. The molecule has 0 spiro atoms. The minimum absolute atomic E-state index is 0.0321. The molecule has 0 aliphatic carbocycles. The van der Waals surface area contributed by atoms with Gasteiger partial charge in [0.1, 0.15) is 19.3 Å². The number of unbranched alkanes of at least 4 members (excludes halogenated alkanes) is 49. The van der Waals surface area contributed by atoms with Crippen molar-refractivity contribution in [2.24, 2.45) is 0 Å². The number of hydrogen-bond donors (Lipinski definition) is 0. The number of phosphoric ester groups is 1. The van der Waals surface area contributed by atoms with Crippen LogP contribution in [0, 0.1) is 0 Å². The van der Waals surface area contributed by atoms with Gasteiger partial charge in [-0.05, 0) is 12.8 Å². The summed E-state index contributed by atoms with van der Waals surface area (Å²) in [6.45, 7) is 5.52. The van der Waals surface area contributed by atoms with Crippen molar-refractivity contribution in [3.63, 3.8) is 0 Å². The molecule has 0 saturated carbocycles. The van der Waals surface area contributed by atoms with Crippen molar-refractivity contribution in [1.82, 2.24) is 0 Å². The van der Waals surface area contributed by atoms with E-state index in [1.807, 2.05) is 21.1 Å². The van der Waals surface area contributed by atoms with Crippen LogP contribution in [0.1, 0.15) is 348 Å². The number of rotatable bonds is 63. The minimum atomic E-state index is -4.53. The third-order valence-corrected chi connectivity index (χ3v) is 16.1. The lowest BCUT2D eigenvalue weighted by Gasteiger charge is -2.28. The SMILES string of the molecule is CCCCCCCCCCCCCCCCCCCCCCCCCCCCCCCCCC(=O)O[C@H](COCCCCCCCCCCCCCCCCCCCCCC)COP(=O)([O-])OCC[N+](C)(C)C. The van der Waals surface area contributed by atoms with Gasteiger partial charge in [-0.25, -0.2) is 0 Å². The Morgan fingerprint density at radius 2 is 0.630 bits per heavy atom. The number of hydrogen-bond acceptors (Lipinski definition) is 7. The Balaban J connectivity index is 3.89. The summed E-state index contributed by atoms with van der Waals surface area (Å²) in [5.74, 6) is -0.321. The number of carbonyl (C=O) groups is 1. The summed E-state index contributed by atoms with van der Waals surface area (Å²) in [7, 11) is 1.39. The van der Waals surface area contributed by atoms with Crippen molar-refractivity contribution in [2.75, 3.05) is 54.1 Å². The summed E-state index contributed by atoms with van der Waals surface area (Å²) >= 11 is 0. The molecular weight excluding hydrogens is 926 g/mol. The fourth-order valence-corrected chi connectivity index (χ4v) is 10.9. The maximum Gasteiger partial charge on any atom is 0.306 e. The molecule has 0 aliphatic heterocycles. The molecule has 0 aromatic heterocycles. The fraction of sp³-hybridized carbons (Fsp3) is 0.984. The number of esters is 1. The maximum absolute atomic E-state index is 12.8. The smallest absolute Gasteiger partial charge is 0.306 e.